The highest BCUT2D eigenvalue weighted by molar-refractivity contribution is 4.66. The van der Waals surface area contributed by atoms with E-state index in [4.69, 9.17) is 0 Å². The molecule has 0 aromatic rings. The summed E-state index contributed by atoms with van der Waals surface area (Å²) in [5, 5.41) is 6.63. The molecule has 0 aliphatic heterocycles. The fourth-order valence-electron chi connectivity index (χ4n) is 1.14. The second-order valence-electron chi connectivity index (χ2n) is 3.53. The van der Waals surface area contributed by atoms with Gasteiger partial charge in [-0.05, 0) is 39.8 Å². The molecule has 0 radical (unpaired) electrons. The van der Waals surface area contributed by atoms with Crippen LogP contribution in [-0.4, -0.2) is 26.2 Å². The molecule has 0 spiro atoms. The maximum absolute atomic E-state index is 3.71. The van der Waals surface area contributed by atoms with E-state index in [9.17, 15) is 0 Å². The summed E-state index contributed by atoms with van der Waals surface area (Å²) in [6.45, 7) is 8.10. The molecule has 0 aromatic heterocycles. The summed E-state index contributed by atoms with van der Waals surface area (Å²) in [4.78, 5) is 0. The van der Waals surface area contributed by atoms with Gasteiger partial charge >= 0.3 is 0 Å². The van der Waals surface area contributed by atoms with Crippen LogP contribution in [0.2, 0.25) is 0 Å². The van der Waals surface area contributed by atoms with Gasteiger partial charge in [0.15, 0.2) is 0 Å². The smallest absolute Gasteiger partial charge is 0.0161 e. The molecule has 0 aliphatic carbocycles. The zero-order chi connectivity index (χ0) is 9.94. The van der Waals surface area contributed by atoms with Gasteiger partial charge in [0.05, 0.1) is 0 Å². The molecule has 0 heterocycles. The summed E-state index contributed by atoms with van der Waals surface area (Å²) in [5.74, 6) is 0. The Bertz CT molecular complexity index is 113. The number of allylic oxidation sites excluding steroid dienone is 1. The van der Waals surface area contributed by atoms with Crippen LogP contribution in [0.3, 0.4) is 0 Å². The third-order valence-corrected chi connectivity index (χ3v) is 2.21. The quantitative estimate of drug-likeness (QED) is 0.422. The summed E-state index contributed by atoms with van der Waals surface area (Å²) in [5.41, 5.74) is 0. The molecule has 0 rings (SSSR count). The molecule has 2 nitrogen and oxygen atoms in total. The van der Waals surface area contributed by atoms with Crippen molar-refractivity contribution in [2.24, 2.45) is 0 Å². The molecule has 2 heteroatoms. The molecule has 0 saturated heterocycles. The monoisotopic (exact) mass is 184 g/mol. The molecular weight excluding hydrogens is 160 g/mol. The van der Waals surface area contributed by atoms with Crippen LogP contribution in [0.1, 0.15) is 32.6 Å². The maximum atomic E-state index is 3.71. The van der Waals surface area contributed by atoms with Gasteiger partial charge in [0, 0.05) is 12.6 Å². The van der Waals surface area contributed by atoms with Gasteiger partial charge in [-0.3, -0.25) is 0 Å². The number of likely N-dealkylation sites (N-methyl/N-ethyl adjacent to an activating group) is 1. The predicted octanol–water partition coefficient (Wildman–Crippen LogP) is 1.93. The molecular formula is C11H24N2. The molecule has 78 valence electrons. The molecule has 0 aromatic carbocycles. The Balaban J connectivity index is 2.95. The van der Waals surface area contributed by atoms with E-state index >= 15 is 0 Å². The average molecular weight is 184 g/mol. The second kappa shape index (κ2) is 9.75. The summed E-state index contributed by atoms with van der Waals surface area (Å²) in [7, 11) is 2.00. The molecule has 1 atom stereocenters. The van der Waals surface area contributed by atoms with E-state index in [1.807, 2.05) is 13.1 Å². The minimum atomic E-state index is 0.577. The largest absolute Gasteiger partial charge is 0.316 e. The normalized spacial score (nSPS) is 12.8. The summed E-state index contributed by atoms with van der Waals surface area (Å²) in [6.07, 6.45) is 7.04. The first-order valence-corrected chi connectivity index (χ1v) is 5.30. The van der Waals surface area contributed by atoms with Crippen LogP contribution in [0.15, 0.2) is 12.7 Å². The lowest BCUT2D eigenvalue weighted by molar-refractivity contribution is 0.524. The van der Waals surface area contributed by atoms with Gasteiger partial charge in [0.1, 0.15) is 0 Å². The van der Waals surface area contributed by atoms with Crippen molar-refractivity contribution in [2.75, 3.05) is 20.1 Å². The van der Waals surface area contributed by atoms with Gasteiger partial charge in [0.25, 0.3) is 0 Å². The number of nitrogens with one attached hydrogen (secondary N) is 2. The predicted molar refractivity (Wildman–Crippen MR) is 60.1 cm³/mol. The molecule has 2 N–H and O–H groups in total. The van der Waals surface area contributed by atoms with Crippen LogP contribution >= 0.6 is 0 Å². The minimum Gasteiger partial charge on any atom is -0.316 e. The number of unbranched alkanes of at least 4 members (excludes halogenated alkanes) is 3. The van der Waals surface area contributed by atoms with Gasteiger partial charge < -0.3 is 10.6 Å². The molecule has 1 unspecified atom stereocenters. The molecule has 13 heavy (non-hydrogen) atoms. The number of hydrogen-bond donors (Lipinski definition) is 2. The first-order valence-electron chi connectivity index (χ1n) is 5.30. The average Bonchev–Trinajstić information content (AvgIpc) is 2.16. The fraction of sp³-hybridized carbons (Fsp3) is 0.818. The van der Waals surface area contributed by atoms with Crippen LogP contribution in [0.25, 0.3) is 0 Å². The Morgan fingerprint density at radius 3 is 2.69 bits per heavy atom. The van der Waals surface area contributed by atoms with Crippen molar-refractivity contribution in [3.05, 3.63) is 12.7 Å². The van der Waals surface area contributed by atoms with Gasteiger partial charge in [0.2, 0.25) is 0 Å². The first kappa shape index (κ1) is 12.7. The molecule has 0 aliphatic rings. The summed E-state index contributed by atoms with van der Waals surface area (Å²) >= 11 is 0. The topological polar surface area (TPSA) is 24.1 Å². The first-order chi connectivity index (χ1) is 6.31. The molecule has 0 saturated carbocycles. The van der Waals surface area contributed by atoms with E-state index in [0.29, 0.717) is 6.04 Å². The maximum Gasteiger partial charge on any atom is 0.0161 e. The third kappa shape index (κ3) is 9.57. The highest BCUT2D eigenvalue weighted by Crippen LogP contribution is 1.98. The van der Waals surface area contributed by atoms with Crippen molar-refractivity contribution in [1.29, 1.82) is 0 Å². The second-order valence-corrected chi connectivity index (χ2v) is 3.53. The lowest BCUT2D eigenvalue weighted by Crippen LogP contribution is -2.34. The van der Waals surface area contributed by atoms with Gasteiger partial charge in [-0.25, -0.2) is 0 Å². The standard InChI is InChI=1S/C11H24N2/c1-4-5-6-7-8-9-13-10-11(2)12-3/h4,11-13H,1,5-10H2,2-3H3. The van der Waals surface area contributed by atoms with E-state index in [2.05, 4.69) is 24.1 Å². The van der Waals surface area contributed by atoms with E-state index in [1.54, 1.807) is 0 Å². The molecule has 0 fully saturated rings. The van der Waals surface area contributed by atoms with Crippen molar-refractivity contribution < 1.29 is 0 Å². The molecule has 0 amide bonds. The van der Waals surface area contributed by atoms with Crippen LogP contribution in [0.5, 0.6) is 0 Å². The fourth-order valence-corrected chi connectivity index (χ4v) is 1.14. The molecule has 0 bridgehead atoms. The number of rotatable bonds is 9. The summed E-state index contributed by atoms with van der Waals surface area (Å²) in [6, 6.07) is 0.577. The van der Waals surface area contributed by atoms with Crippen molar-refractivity contribution in [2.45, 2.75) is 38.6 Å². The Morgan fingerprint density at radius 1 is 1.31 bits per heavy atom. The van der Waals surface area contributed by atoms with Crippen molar-refractivity contribution in [3.8, 4) is 0 Å². The number of hydrogen-bond acceptors (Lipinski definition) is 2. The van der Waals surface area contributed by atoms with Crippen LogP contribution in [-0.2, 0) is 0 Å². The van der Waals surface area contributed by atoms with E-state index in [1.165, 1.54) is 19.3 Å². The Labute approximate surface area is 82.8 Å². The zero-order valence-corrected chi connectivity index (χ0v) is 9.10. The zero-order valence-electron chi connectivity index (χ0n) is 9.10. The summed E-state index contributed by atoms with van der Waals surface area (Å²) < 4.78 is 0. The highest BCUT2D eigenvalue weighted by Gasteiger charge is 1.95. The van der Waals surface area contributed by atoms with E-state index in [-0.39, 0.29) is 0 Å². The van der Waals surface area contributed by atoms with Gasteiger partial charge in [-0.15, -0.1) is 6.58 Å². The Hall–Kier alpha value is -0.340. The Kier molecular flexibility index (Phi) is 9.49. The highest BCUT2D eigenvalue weighted by atomic mass is 14.9. The lowest BCUT2D eigenvalue weighted by atomic mass is 10.2. The van der Waals surface area contributed by atoms with Crippen molar-refractivity contribution in [1.82, 2.24) is 10.6 Å². The van der Waals surface area contributed by atoms with Crippen LogP contribution in [0.4, 0.5) is 0 Å². The van der Waals surface area contributed by atoms with Gasteiger partial charge in [-0.1, -0.05) is 12.5 Å². The lowest BCUT2D eigenvalue weighted by Gasteiger charge is -2.10. The van der Waals surface area contributed by atoms with Crippen LogP contribution < -0.4 is 10.6 Å². The van der Waals surface area contributed by atoms with Crippen molar-refractivity contribution >= 4 is 0 Å². The minimum absolute atomic E-state index is 0.577. The third-order valence-electron chi connectivity index (χ3n) is 2.21. The van der Waals surface area contributed by atoms with E-state index < -0.39 is 0 Å². The van der Waals surface area contributed by atoms with Crippen LogP contribution in [0, 0.1) is 0 Å². The van der Waals surface area contributed by atoms with Crippen molar-refractivity contribution in [3.63, 3.8) is 0 Å². The van der Waals surface area contributed by atoms with E-state index in [0.717, 1.165) is 19.5 Å². The SMILES string of the molecule is C=CCCCCCNCC(C)NC. The van der Waals surface area contributed by atoms with Gasteiger partial charge in [-0.2, -0.15) is 0 Å². The Morgan fingerprint density at radius 2 is 2.08 bits per heavy atom.